The highest BCUT2D eigenvalue weighted by molar-refractivity contribution is 5.84. The lowest BCUT2D eigenvalue weighted by molar-refractivity contribution is -0.139. The van der Waals surface area contributed by atoms with Gasteiger partial charge >= 0.3 is 5.97 Å². The van der Waals surface area contributed by atoms with E-state index in [9.17, 15) is 14.7 Å². The largest absolute Gasteiger partial charge is 0.481 e. The first-order valence-electron chi connectivity index (χ1n) is 8.63. The summed E-state index contributed by atoms with van der Waals surface area (Å²) in [5.41, 5.74) is -0.461. The molecule has 4 atom stereocenters. The van der Waals surface area contributed by atoms with Crippen LogP contribution in [0.25, 0.3) is 0 Å². The average Bonchev–Trinajstić information content (AvgIpc) is 2.88. The maximum atomic E-state index is 12.7. The molecule has 1 amide bonds. The third kappa shape index (κ3) is 2.18. The number of carbonyl (C=O) groups excluding carboxylic acids is 1. The fourth-order valence-corrected chi connectivity index (χ4v) is 5.88. The molecule has 4 nitrogen and oxygen atoms in total. The Morgan fingerprint density at radius 3 is 2.24 bits per heavy atom. The van der Waals surface area contributed by atoms with Crippen LogP contribution in [0.2, 0.25) is 0 Å². The molecule has 4 rings (SSSR count). The standard InChI is InChI=1S/C17H25NO3/c19-12(20)9-17(6-2-1-3-7-17)18-16(21)15-13-10-4-5-11(8-10)14(13)15/h10-11,13-15H,1-9H2,(H,18,21)(H,19,20). The number of hydrogen-bond acceptors (Lipinski definition) is 2. The molecule has 0 aromatic rings. The van der Waals surface area contributed by atoms with Crippen LogP contribution in [0.15, 0.2) is 0 Å². The van der Waals surface area contributed by atoms with Crippen LogP contribution in [0, 0.1) is 29.6 Å². The van der Waals surface area contributed by atoms with E-state index in [-0.39, 0.29) is 18.2 Å². The summed E-state index contributed by atoms with van der Waals surface area (Å²) in [7, 11) is 0. The minimum absolute atomic E-state index is 0.0909. The molecule has 4 aliphatic carbocycles. The number of rotatable bonds is 4. The predicted molar refractivity (Wildman–Crippen MR) is 77.5 cm³/mol. The first-order valence-corrected chi connectivity index (χ1v) is 8.63. The number of carboxylic acid groups (broad SMARTS) is 1. The number of amides is 1. The highest BCUT2D eigenvalue weighted by atomic mass is 16.4. The third-order valence-corrected chi connectivity index (χ3v) is 6.73. The first-order chi connectivity index (χ1) is 10.1. The summed E-state index contributed by atoms with van der Waals surface area (Å²) in [5, 5.41) is 12.4. The minimum Gasteiger partial charge on any atom is -0.481 e. The van der Waals surface area contributed by atoms with Gasteiger partial charge in [0.1, 0.15) is 0 Å². The van der Waals surface area contributed by atoms with Crippen molar-refractivity contribution in [3.05, 3.63) is 0 Å². The van der Waals surface area contributed by atoms with Gasteiger partial charge in [-0.05, 0) is 55.8 Å². The second-order valence-corrected chi connectivity index (χ2v) is 7.91. The Morgan fingerprint density at radius 1 is 1.05 bits per heavy atom. The lowest BCUT2D eigenvalue weighted by Crippen LogP contribution is -2.52. The van der Waals surface area contributed by atoms with Crippen LogP contribution in [-0.2, 0) is 9.59 Å². The van der Waals surface area contributed by atoms with Gasteiger partial charge in [0.15, 0.2) is 0 Å². The maximum Gasteiger partial charge on any atom is 0.305 e. The minimum atomic E-state index is -0.784. The van der Waals surface area contributed by atoms with E-state index in [1.165, 1.54) is 19.3 Å². The predicted octanol–water partition coefficient (Wildman–Crippen LogP) is 2.57. The van der Waals surface area contributed by atoms with Crippen LogP contribution in [0.1, 0.15) is 57.8 Å². The zero-order chi connectivity index (χ0) is 14.6. The molecular weight excluding hydrogens is 266 g/mol. The van der Waals surface area contributed by atoms with Crippen LogP contribution in [0.3, 0.4) is 0 Å². The summed E-state index contributed by atoms with van der Waals surface area (Å²) in [6.45, 7) is 0. The van der Waals surface area contributed by atoms with E-state index >= 15 is 0 Å². The zero-order valence-corrected chi connectivity index (χ0v) is 12.5. The van der Waals surface area contributed by atoms with Crippen LogP contribution < -0.4 is 5.32 Å². The van der Waals surface area contributed by atoms with Crippen LogP contribution >= 0.6 is 0 Å². The summed E-state index contributed by atoms with van der Waals surface area (Å²) in [6.07, 6.45) is 8.97. The van der Waals surface area contributed by atoms with Crippen molar-refractivity contribution < 1.29 is 14.7 Å². The summed E-state index contributed by atoms with van der Waals surface area (Å²) in [4.78, 5) is 23.9. The molecule has 0 heterocycles. The van der Waals surface area contributed by atoms with E-state index in [2.05, 4.69) is 5.32 Å². The lowest BCUT2D eigenvalue weighted by Gasteiger charge is -2.37. The van der Waals surface area contributed by atoms with E-state index in [1.54, 1.807) is 0 Å². The van der Waals surface area contributed by atoms with Gasteiger partial charge < -0.3 is 10.4 Å². The molecule has 0 spiro atoms. The fourth-order valence-electron chi connectivity index (χ4n) is 5.88. The molecular formula is C17H25NO3. The molecule has 4 saturated carbocycles. The van der Waals surface area contributed by atoms with E-state index in [0.717, 1.165) is 43.9 Å². The SMILES string of the molecule is O=C(O)CC1(NC(=O)C2C3C4CCC(C4)C23)CCCCC1. The van der Waals surface area contributed by atoms with Gasteiger partial charge in [-0.2, -0.15) is 0 Å². The Hall–Kier alpha value is -1.06. The monoisotopic (exact) mass is 291 g/mol. The van der Waals surface area contributed by atoms with Crippen LogP contribution in [0.5, 0.6) is 0 Å². The van der Waals surface area contributed by atoms with Gasteiger partial charge in [-0.1, -0.05) is 19.3 Å². The molecule has 0 aliphatic heterocycles. The molecule has 0 radical (unpaired) electrons. The zero-order valence-electron chi connectivity index (χ0n) is 12.5. The van der Waals surface area contributed by atoms with E-state index in [0.29, 0.717) is 11.8 Å². The molecule has 4 aliphatic rings. The third-order valence-electron chi connectivity index (χ3n) is 6.73. The van der Waals surface area contributed by atoms with Crippen LogP contribution in [-0.4, -0.2) is 22.5 Å². The van der Waals surface area contributed by atoms with Gasteiger partial charge in [0, 0.05) is 5.92 Å². The Kier molecular flexibility index (Phi) is 3.05. The highest BCUT2D eigenvalue weighted by Crippen LogP contribution is 2.69. The van der Waals surface area contributed by atoms with Crippen molar-refractivity contribution in [3.8, 4) is 0 Å². The van der Waals surface area contributed by atoms with Gasteiger partial charge in [0.25, 0.3) is 0 Å². The van der Waals surface area contributed by atoms with Crippen molar-refractivity contribution in [3.63, 3.8) is 0 Å². The molecule has 4 fully saturated rings. The topological polar surface area (TPSA) is 66.4 Å². The second kappa shape index (κ2) is 4.72. The summed E-state index contributed by atoms with van der Waals surface area (Å²) < 4.78 is 0. The maximum absolute atomic E-state index is 12.7. The number of fused-ring (bicyclic) bond motifs is 5. The molecule has 0 aromatic carbocycles. The van der Waals surface area contributed by atoms with Crippen molar-refractivity contribution in [1.29, 1.82) is 0 Å². The van der Waals surface area contributed by atoms with Crippen molar-refractivity contribution in [1.82, 2.24) is 5.32 Å². The van der Waals surface area contributed by atoms with Crippen molar-refractivity contribution in [2.24, 2.45) is 29.6 Å². The molecule has 21 heavy (non-hydrogen) atoms. The summed E-state index contributed by atoms with van der Waals surface area (Å²) in [6, 6.07) is 0. The van der Waals surface area contributed by atoms with Gasteiger partial charge in [0.05, 0.1) is 12.0 Å². The molecule has 4 heteroatoms. The molecule has 2 bridgehead atoms. The number of aliphatic carboxylic acids is 1. The summed E-state index contributed by atoms with van der Waals surface area (Å²) in [5.74, 6) is 2.44. The van der Waals surface area contributed by atoms with E-state index < -0.39 is 11.5 Å². The number of hydrogen-bond donors (Lipinski definition) is 2. The Morgan fingerprint density at radius 2 is 1.67 bits per heavy atom. The quantitative estimate of drug-likeness (QED) is 0.836. The first kappa shape index (κ1) is 13.6. The van der Waals surface area contributed by atoms with Gasteiger partial charge in [-0.25, -0.2) is 0 Å². The van der Waals surface area contributed by atoms with E-state index in [4.69, 9.17) is 0 Å². The van der Waals surface area contributed by atoms with Gasteiger partial charge in [0.2, 0.25) is 5.91 Å². The smallest absolute Gasteiger partial charge is 0.305 e. The number of carbonyl (C=O) groups is 2. The molecule has 0 aromatic heterocycles. The van der Waals surface area contributed by atoms with Gasteiger partial charge in [-0.3, -0.25) is 9.59 Å². The van der Waals surface area contributed by atoms with E-state index in [1.807, 2.05) is 0 Å². The second-order valence-electron chi connectivity index (χ2n) is 7.91. The molecule has 116 valence electrons. The van der Waals surface area contributed by atoms with Crippen molar-refractivity contribution >= 4 is 11.9 Å². The molecule has 0 saturated heterocycles. The highest BCUT2D eigenvalue weighted by Gasteiger charge is 2.67. The van der Waals surface area contributed by atoms with Crippen molar-refractivity contribution in [2.45, 2.75) is 63.3 Å². The lowest BCUT2D eigenvalue weighted by atomic mass is 9.79. The Bertz CT molecular complexity index is 453. The average molecular weight is 291 g/mol. The van der Waals surface area contributed by atoms with Crippen LogP contribution in [0.4, 0.5) is 0 Å². The fraction of sp³-hybridized carbons (Fsp3) is 0.882. The number of carboxylic acids is 1. The molecule has 2 N–H and O–H groups in total. The number of nitrogens with one attached hydrogen (secondary N) is 1. The normalized spacial score (nSPS) is 42.4. The Labute approximate surface area is 125 Å². The van der Waals surface area contributed by atoms with Gasteiger partial charge in [-0.15, -0.1) is 0 Å². The summed E-state index contributed by atoms with van der Waals surface area (Å²) >= 11 is 0. The Balaban J connectivity index is 1.44. The molecule has 4 unspecified atom stereocenters. The van der Waals surface area contributed by atoms with Crippen molar-refractivity contribution in [2.75, 3.05) is 0 Å².